The van der Waals surface area contributed by atoms with Gasteiger partial charge in [-0.25, -0.2) is 9.37 Å². The SMILES string of the molecule is C=CCSCC(=O)NCCc1coc(-c2ccc(F)cc2)n1. The van der Waals surface area contributed by atoms with Crippen LogP contribution in [0.2, 0.25) is 0 Å². The first kappa shape index (κ1) is 16.3. The van der Waals surface area contributed by atoms with Gasteiger partial charge in [0.1, 0.15) is 12.1 Å². The Morgan fingerprint density at radius 3 is 2.91 bits per heavy atom. The molecular formula is C16H17FN2O2S. The van der Waals surface area contributed by atoms with Gasteiger partial charge in [0.2, 0.25) is 11.8 Å². The molecule has 1 aromatic heterocycles. The van der Waals surface area contributed by atoms with E-state index >= 15 is 0 Å². The number of amides is 1. The molecule has 0 radical (unpaired) electrons. The van der Waals surface area contributed by atoms with E-state index in [2.05, 4.69) is 16.9 Å². The van der Waals surface area contributed by atoms with Gasteiger partial charge in [0.25, 0.3) is 0 Å². The predicted molar refractivity (Wildman–Crippen MR) is 86.1 cm³/mol. The molecule has 1 heterocycles. The van der Waals surface area contributed by atoms with Crippen molar-refractivity contribution in [3.8, 4) is 11.5 Å². The first-order chi connectivity index (χ1) is 10.7. The van der Waals surface area contributed by atoms with Crippen molar-refractivity contribution in [3.05, 3.63) is 54.7 Å². The molecule has 0 fully saturated rings. The van der Waals surface area contributed by atoms with Gasteiger partial charge in [0, 0.05) is 24.3 Å². The Morgan fingerprint density at radius 1 is 1.41 bits per heavy atom. The molecule has 4 nitrogen and oxygen atoms in total. The zero-order chi connectivity index (χ0) is 15.8. The topological polar surface area (TPSA) is 55.1 Å². The van der Waals surface area contributed by atoms with E-state index in [9.17, 15) is 9.18 Å². The Hall–Kier alpha value is -2.08. The third-order valence-corrected chi connectivity index (χ3v) is 3.75. The molecule has 6 heteroatoms. The van der Waals surface area contributed by atoms with Crippen LogP contribution in [0.5, 0.6) is 0 Å². The van der Waals surface area contributed by atoms with Crippen LogP contribution >= 0.6 is 11.8 Å². The Kier molecular flexibility index (Phi) is 6.21. The summed E-state index contributed by atoms with van der Waals surface area (Å²) in [6.07, 6.45) is 3.91. The fourth-order valence-electron chi connectivity index (χ4n) is 1.76. The third kappa shape index (κ3) is 5.04. The summed E-state index contributed by atoms with van der Waals surface area (Å²) in [5, 5.41) is 2.82. The van der Waals surface area contributed by atoms with Crippen LogP contribution in [0.4, 0.5) is 4.39 Å². The van der Waals surface area contributed by atoms with Crippen molar-refractivity contribution in [3.63, 3.8) is 0 Å². The second-order valence-corrected chi connectivity index (χ2v) is 5.58. The number of carbonyl (C=O) groups excluding carboxylic acids is 1. The van der Waals surface area contributed by atoms with Crippen molar-refractivity contribution in [2.75, 3.05) is 18.1 Å². The van der Waals surface area contributed by atoms with Crippen molar-refractivity contribution in [2.24, 2.45) is 0 Å². The highest BCUT2D eigenvalue weighted by atomic mass is 32.2. The molecule has 0 spiro atoms. The minimum atomic E-state index is -0.299. The maximum Gasteiger partial charge on any atom is 0.230 e. The lowest BCUT2D eigenvalue weighted by Crippen LogP contribution is -2.27. The lowest BCUT2D eigenvalue weighted by Gasteiger charge is -2.02. The highest BCUT2D eigenvalue weighted by Gasteiger charge is 2.07. The number of carbonyl (C=O) groups is 1. The van der Waals surface area contributed by atoms with Crippen LogP contribution in [0.15, 0.2) is 47.6 Å². The molecule has 0 atom stereocenters. The lowest BCUT2D eigenvalue weighted by atomic mass is 10.2. The zero-order valence-electron chi connectivity index (χ0n) is 12.0. The van der Waals surface area contributed by atoms with E-state index in [0.29, 0.717) is 24.6 Å². The highest BCUT2D eigenvalue weighted by molar-refractivity contribution is 8.00. The average Bonchev–Trinajstić information content (AvgIpc) is 2.97. The number of oxazole rings is 1. The highest BCUT2D eigenvalue weighted by Crippen LogP contribution is 2.18. The van der Waals surface area contributed by atoms with Crippen molar-refractivity contribution in [1.82, 2.24) is 10.3 Å². The maximum absolute atomic E-state index is 12.9. The molecule has 2 aromatic rings. The van der Waals surface area contributed by atoms with Gasteiger partial charge in [0.05, 0.1) is 11.4 Å². The molecule has 0 saturated heterocycles. The molecule has 2 rings (SSSR count). The molecule has 0 aliphatic heterocycles. The van der Waals surface area contributed by atoms with Gasteiger partial charge in [0.15, 0.2) is 0 Å². The van der Waals surface area contributed by atoms with Gasteiger partial charge < -0.3 is 9.73 Å². The summed E-state index contributed by atoms with van der Waals surface area (Å²) >= 11 is 1.52. The summed E-state index contributed by atoms with van der Waals surface area (Å²) < 4.78 is 18.2. The number of halogens is 1. The second-order valence-electron chi connectivity index (χ2n) is 4.55. The summed E-state index contributed by atoms with van der Waals surface area (Å²) in [5.41, 5.74) is 1.47. The summed E-state index contributed by atoms with van der Waals surface area (Å²) in [4.78, 5) is 15.8. The number of aromatic nitrogens is 1. The van der Waals surface area contributed by atoms with Crippen molar-refractivity contribution in [2.45, 2.75) is 6.42 Å². The minimum absolute atomic E-state index is 0.00546. The van der Waals surface area contributed by atoms with Crippen molar-refractivity contribution >= 4 is 17.7 Å². The van der Waals surface area contributed by atoms with Crippen LogP contribution in [0.1, 0.15) is 5.69 Å². The summed E-state index contributed by atoms with van der Waals surface area (Å²) in [7, 11) is 0. The molecule has 1 amide bonds. The molecule has 116 valence electrons. The number of nitrogens with one attached hydrogen (secondary N) is 1. The first-order valence-electron chi connectivity index (χ1n) is 6.84. The number of hydrogen-bond acceptors (Lipinski definition) is 4. The molecule has 1 N–H and O–H groups in total. The lowest BCUT2D eigenvalue weighted by molar-refractivity contribution is -0.118. The summed E-state index contributed by atoms with van der Waals surface area (Å²) in [6.45, 7) is 4.10. The number of benzene rings is 1. The van der Waals surface area contributed by atoms with E-state index in [-0.39, 0.29) is 11.7 Å². The molecule has 0 saturated carbocycles. The van der Waals surface area contributed by atoms with Gasteiger partial charge in [-0.3, -0.25) is 4.79 Å². The van der Waals surface area contributed by atoms with Gasteiger partial charge in [-0.15, -0.1) is 18.3 Å². The Bertz CT molecular complexity index is 625. The number of nitrogens with zero attached hydrogens (tertiary/aromatic N) is 1. The zero-order valence-corrected chi connectivity index (χ0v) is 12.9. The fraction of sp³-hybridized carbons (Fsp3) is 0.250. The van der Waals surface area contributed by atoms with E-state index in [1.165, 1.54) is 23.9 Å². The largest absolute Gasteiger partial charge is 0.444 e. The second kappa shape index (κ2) is 8.38. The first-order valence-corrected chi connectivity index (χ1v) is 8.00. The number of thioether (sulfide) groups is 1. The minimum Gasteiger partial charge on any atom is -0.444 e. The number of rotatable bonds is 8. The summed E-state index contributed by atoms with van der Waals surface area (Å²) in [6, 6.07) is 5.95. The molecule has 0 unspecified atom stereocenters. The normalized spacial score (nSPS) is 10.4. The van der Waals surface area contributed by atoms with E-state index in [4.69, 9.17) is 4.42 Å². The fourth-order valence-corrected chi connectivity index (χ4v) is 2.33. The standard InChI is InChI=1S/C16H17FN2O2S/c1-2-9-22-11-15(20)18-8-7-14-10-21-16(19-14)12-3-5-13(17)6-4-12/h2-6,10H,1,7-9,11H2,(H,18,20). The monoisotopic (exact) mass is 320 g/mol. The maximum atomic E-state index is 12.9. The van der Waals surface area contributed by atoms with Crippen molar-refractivity contribution in [1.29, 1.82) is 0 Å². The summed E-state index contributed by atoms with van der Waals surface area (Å²) in [5.74, 6) is 1.33. The average molecular weight is 320 g/mol. The van der Waals surface area contributed by atoms with Crippen LogP contribution in [0.3, 0.4) is 0 Å². The molecule has 0 bridgehead atoms. The van der Waals surface area contributed by atoms with Crippen LogP contribution in [0.25, 0.3) is 11.5 Å². The predicted octanol–water partition coefficient (Wildman–Crippen LogP) is 3.06. The smallest absolute Gasteiger partial charge is 0.230 e. The Morgan fingerprint density at radius 2 is 2.18 bits per heavy atom. The Balaban J connectivity index is 1.79. The van der Waals surface area contributed by atoms with Crippen LogP contribution in [-0.4, -0.2) is 28.9 Å². The van der Waals surface area contributed by atoms with Crippen LogP contribution in [0, 0.1) is 5.82 Å². The van der Waals surface area contributed by atoms with Gasteiger partial charge in [-0.1, -0.05) is 6.08 Å². The third-order valence-electron chi connectivity index (χ3n) is 2.82. The number of hydrogen-bond donors (Lipinski definition) is 1. The molecule has 0 aliphatic carbocycles. The molecular weight excluding hydrogens is 303 g/mol. The van der Waals surface area contributed by atoms with E-state index < -0.39 is 0 Å². The van der Waals surface area contributed by atoms with E-state index in [1.807, 2.05) is 0 Å². The molecule has 0 aliphatic rings. The quantitative estimate of drug-likeness (QED) is 0.600. The molecule has 22 heavy (non-hydrogen) atoms. The van der Waals surface area contributed by atoms with Gasteiger partial charge in [-0.05, 0) is 24.3 Å². The van der Waals surface area contributed by atoms with Crippen LogP contribution < -0.4 is 5.32 Å². The molecule has 1 aromatic carbocycles. The van der Waals surface area contributed by atoms with Gasteiger partial charge >= 0.3 is 0 Å². The Labute approximate surface area is 132 Å². The van der Waals surface area contributed by atoms with E-state index in [0.717, 1.165) is 17.0 Å². The van der Waals surface area contributed by atoms with Crippen LogP contribution in [-0.2, 0) is 11.2 Å². The van der Waals surface area contributed by atoms with E-state index in [1.54, 1.807) is 24.5 Å². The van der Waals surface area contributed by atoms with Gasteiger partial charge in [-0.2, -0.15) is 0 Å². The van der Waals surface area contributed by atoms with Crippen molar-refractivity contribution < 1.29 is 13.6 Å².